The summed E-state index contributed by atoms with van der Waals surface area (Å²) in [6.45, 7) is 0. The smallest absolute Gasteiger partial charge is 0.269 e. The number of ether oxygens (including phenoxy) is 1. The van der Waals surface area contributed by atoms with Crippen molar-refractivity contribution >= 4 is 11.8 Å². The Balaban J connectivity index is 1.62. The van der Waals surface area contributed by atoms with E-state index in [0.29, 0.717) is 17.1 Å². The number of hydrogen-bond acceptors (Lipinski definition) is 4. The van der Waals surface area contributed by atoms with Crippen molar-refractivity contribution in [3.63, 3.8) is 0 Å². The van der Waals surface area contributed by atoms with Crippen LogP contribution in [-0.2, 0) is 0 Å². The van der Waals surface area contributed by atoms with E-state index in [9.17, 15) is 14.0 Å². The quantitative estimate of drug-likeness (QED) is 0.708. The highest BCUT2D eigenvalue weighted by molar-refractivity contribution is 5.99. The maximum absolute atomic E-state index is 12.9. The standard InChI is InChI=1S/C19H14FN3O3/c20-15-6-4-13(5-7-15)18(24)22-23-19(25)14-2-1-3-17(12-14)26-16-8-10-21-11-9-16/h1-12H,(H,22,24)(H,23,25). The third-order valence-corrected chi connectivity index (χ3v) is 3.38. The van der Waals surface area contributed by atoms with Crippen molar-refractivity contribution in [2.45, 2.75) is 0 Å². The van der Waals surface area contributed by atoms with E-state index in [1.807, 2.05) is 0 Å². The second kappa shape index (κ2) is 7.89. The van der Waals surface area contributed by atoms with Crippen LogP contribution in [0.1, 0.15) is 20.7 Å². The molecule has 0 saturated carbocycles. The van der Waals surface area contributed by atoms with Gasteiger partial charge in [0.15, 0.2) is 0 Å². The second-order valence-corrected chi connectivity index (χ2v) is 5.23. The number of aromatic nitrogens is 1. The Morgan fingerprint density at radius 3 is 2.15 bits per heavy atom. The molecule has 0 spiro atoms. The lowest BCUT2D eigenvalue weighted by Crippen LogP contribution is -2.41. The molecule has 0 unspecified atom stereocenters. The van der Waals surface area contributed by atoms with E-state index in [1.165, 1.54) is 12.1 Å². The monoisotopic (exact) mass is 351 g/mol. The van der Waals surface area contributed by atoms with E-state index in [4.69, 9.17) is 4.74 Å². The highest BCUT2D eigenvalue weighted by Gasteiger charge is 2.10. The fourth-order valence-electron chi connectivity index (χ4n) is 2.10. The van der Waals surface area contributed by atoms with Crippen LogP contribution in [0.4, 0.5) is 4.39 Å². The molecule has 130 valence electrons. The van der Waals surface area contributed by atoms with Crippen molar-refractivity contribution in [3.05, 3.63) is 90.0 Å². The first-order valence-corrected chi connectivity index (χ1v) is 7.66. The summed E-state index contributed by atoms with van der Waals surface area (Å²) < 4.78 is 18.5. The number of carbonyl (C=O) groups excluding carboxylic acids is 2. The van der Waals surface area contributed by atoms with Crippen LogP contribution in [-0.4, -0.2) is 16.8 Å². The van der Waals surface area contributed by atoms with Crippen molar-refractivity contribution in [2.75, 3.05) is 0 Å². The Hall–Kier alpha value is -3.74. The van der Waals surface area contributed by atoms with Gasteiger partial charge in [-0.15, -0.1) is 0 Å². The molecule has 0 aliphatic heterocycles. The van der Waals surface area contributed by atoms with Gasteiger partial charge in [-0.05, 0) is 54.6 Å². The number of hydrazine groups is 1. The summed E-state index contributed by atoms with van der Waals surface area (Å²) in [6.07, 6.45) is 3.19. The molecule has 0 fully saturated rings. The Bertz CT molecular complexity index is 915. The molecule has 0 aliphatic carbocycles. The molecule has 7 heteroatoms. The fourth-order valence-corrected chi connectivity index (χ4v) is 2.10. The molecule has 2 aromatic carbocycles. The fraction of sp³-hybridized carbons (Fsp3) is 0. The summed E-state index contributed by atoms with van der Waals surface area (Å²) in [5.74, 6) is -0.462. The molecule has 0 bridgehead atoms. The molecule has 3 aromatic rings. The average Bonchev–Trinajstić information content (AvgIpc) is 2.67. The second-order valence-electron chi connectivity index (χ2n) is 5.23. The molecule has 1 heterocycles. The molecular formula is C19H14FN3O3. The highest BCUT2D eigenvalue weighted by Crippen LogP contribution is 2.21. The maximum Gasteiger partial charge on any atom is 0.269 e. The van der Waals surface area contributed by atoms with E-state index >= 15 is 0 Å². The molecule has 26 heavy (non-hydrogen) atoms. The zero-order valence-corrected chi connectivity index (χ0v) is 13.5. The molecule has 0 atom stereocenters. The summed E-state index contributed by atoms with van der Waals surface area (Å²) in [6, 6.07) is 14.8. The van der Waals surface area contributed by atoms with Crippen LogP contribution in [0.2, 0.25) is 0 Å². The number of rotatable bonds is 4. The molecule has 0 aliphatic rings. The number of hydrogen-bond donors (Lipinski definition) is 2. The Kier molecular flexibility index (Phi) is 5.19. The van der Waals surface area contributed by atoms with E-state index in [1.54, 1.807) is 48.8 Å². The lowest BCUT2D eigenvalue weighted by molar-refractivity contribution is 0.0846. The minimum Gasteiger partial charge on any atom is -0.457 e. The SMILES string of the molecule is O=C(NNC(=O)c1cccc(Oc2ccncc2)c1)c1ccc(F)cc1. The lowest BCUT2D eigenvalue weighted by Gasteiger charge is -2.09. The number of nitrogens with zero attached hydrogens (tertiary/aromatic N) is 1. The minimum atomic E-state index is -0.553. The molecule has 3 rings (SSSR count). The Morgan fingerprint density at radius 2 is 1.46 bits per heavy atom. The van der Waals surface area contributed by atoms with Crippen LogP contribution in [0.3, 0.4) is 0 Å². The zero-order chi connectivity index (χ0) is 18.4. The van der Waals surface area contributed by atoms with Crippen LogP contribution in [0.15, 0.2) is 73.1 Å². The Morgan fingerprint density at radius 1 is 0.808 bits per heavy atom. The number of amides is 2. The van der Waals surface area contributed by atoms with Gasteiger partial charge in [0.2, 0.25) is 0 Å². The summed E-state index contributed by atoms with van der Waals surface area (Å²) in [4.78, 5) is 28.0. The van der Waals surface area contributed by atoms with Crippen LogP contribution in [0, 0.1) is 5.82 Å². The third kappa shape index (κ3) is 4.41. The number of halogens is 1. The van der Waals surface area contributed by atoms with E-state index in [2.05, 4.69) is 15.8 Å². The summed E-state index contributed by atoms with van der Waals surface area (Å²) in [5, 5.41) is 0. The lowest BCUT2D eigenvalue weighted by atomic mass is 10.2. The first-order chi connectivity index (χ1) is 12.6. The summed E-state index contributed by atoms with van der Waals surface area (Å²) >= 11 is 0. The van der Waals surface area contributed by atoms with Crippen molar-refractivity contribution < 1.29 is 18.7 Å². The molecule has 0 radical (unpaired) electrons. The normalized spacial score (nSPS) is 10.0. The van der Waals surface area contributed by atoms with Gasteiger partial charge < -0.3 is 4.74 Å². The predicted octanol–water partition coefficient (Wildman–Crippen LogP) is 3.09. The largest absolute Gasteiger partial charge is 0.457 e. The van der Waals surface area contributed by atoms with Gasteiger partial charge in [0.1, 0.15) is 17.3 Å². The molecule has 2 amide bonds. The topological polar surface area (TPSA) is 80.3 Å². The number of benzene rings is 2. The molecule has 6 nitrogen and oxygen atoms in total. The van der Waals surface area contributed by atoms with Crippen LogP contribution in [0.5, 0.6) is 11.5 Å². The predicted molar refractivity (Wildman–Crippen MR) is 92.1 cm³/mol. The van der Waals surface area contributed by atoms with Gasteiger partial charge in [-0.3, -0.25) is 25.4 Å². The van der Waals surface area contributed by atoms with Gasteiger partial charge in [0.05, 0.1) is 0 Å². The van der Waals surface area contributed by atoms with Gasteiger partial charge in [-0.1, -0.05) is 6.07 Å². The summed E-state index contributed by atoms with van der Waals surface area (Å²) in [7, 11) is 0. The van der Waals surface area contributed by atoms with Crippen LogP contribution >= 0.6 is 0 Å². The van der Waals surface area contributed by atoms with Crippen LogP contribution in [0.25, 0.3) is 0 Å². The molecule has 2 N–H and O–H groups in total. The summed E-state index contributed by atoms with van der Waals surface area (Å²) in [5.41, 5.74) is 5.11. The molecule has 1 aromatic heterocycles. The van der Waals surface area contributed by atoms with E-state index < -0.39 is 17.6 Å². The van der Waals surface area contributed by atoms with Gasteiger partial charge in [-0.2, -0.15) is 0 Å². The van der Waals surface area contributed by atoms with Crippen molar-refractivity contribution in [1.82, 2.24) is 15.8 Å². The van der Waals surface area contributed by atoms with Crippen molar-refractivity contribution in [2.24, 2.45) is 0 Å². The molecule has 0 saturated heterocycles. The maximum atomic E-state index is 12.9. The zero-order valence-electron chi connectivity index (χ0n) is 13.5. The Labute approximate surface area is 148 Å². The number of pyridine rings is 1. The number of nitrogens with one attached hydrogen (secondary N) is 2. The highest BCUT2D eigenvalue weighted by atomic mass is 19.1. The van der Waals surface area contributed by atoms with Crippen molar-refractivity contribution in [1.29, 1.82) is 0 Å². The van der Waals surface area contributed by atoms with E-state index in [-0.39, 0.29) is 5.56 Å². The van der Waals surface area contributed by atoms with Gasteiger partial charge >= 0.3 is 0 Å². The number of carbonyl (C=O) groups is 2. The first kappa shape index (κ1) is 17.1. The average molecular weight is 351 g/mol. The van der Waals surface area contributed by atoms with Crippen molar-refractivity contribution in [3.8, 4) is 11.5 Å². The molecular weight excluding hydrogens is 337 g/mol. The first-order valence-electron chi connectivity index (χ1n) is 7.66. The van der Waals surface area contributed by atoms with Gasteiger partial charge in [0, 0.05) is 23.5 Å². The van der Waals surface area contributed by atoms with Gasteiger partial charge in [0.25, 0.3) is 11.8 Å². The van der Waals surface area contributed by atoms with E-state index in [0.717, 1.165) is 12.1 Å². The van der Waals surface area contributed by atoms with Gasteiger partial charge in [-0.25, -0.2) is 4.39 Å². The van der Waals surface area contributed by atoms with Crippen LogP contribution < -0.4 is 15.6 Å². The minimum absolute atomic E-state index is 0.224. The third-order valence-electron chi connectivity index (χ3n) is 3.38.